The number of hydrogen-bond acceptors (Lipinski definition) is 4. The molecule has 0 unspecified atom stereocenters. The number of ether oxygens (including phenoxy) is 1. The van der Waals surface area contributed by atoms with Crippen LogP contribution in [0.25, 0.3) is 0 Å². The van der Waals surface area contributed by atoms with E-state index in [1.165, 1.54) is 19.2 Å². The first kappa shape index (κ1) is 16.3. The van der Waals surface area contributed by atoms with Crippen molar-refractivity contribution in [1.82, 2.24) is 0 Å². The van der Waals surface area contributed by atoms with Gasteiger partial charge in [-0.05, 0) is 42.0 Å². The second-order valence-corrected chi connectivity index (χ2v) is 6.72. The van der Waals surface area contributed by atoms with Gasteiger partial charge in [-0.25, -0.2) is 13.2 Å². The van der Waals surface area contributed by atoms with Gasteiger partial charge in [-0.15, -0.1) is 0 Å². The Morgan fingerprint density at radius 1 is 1.09 bits per heavy atom. The number of esters is 1. The molecule has 0 aliphatic carbocycles. The molecule has 0 saturated carbocycles. The normalized spacial score (nSPS) is 11.0. The second-order valence-electron chi connectivity index (χ2n) is 4.56. The molecule has 0 radical (unpaired) electrons. The zero-order chi connectivity index (χ0) is 16.2. The van der Waals surface area contributed by atoms with Crippen LogP contribution >= 0.6 is 11.6 Å². The average Bonchev–Trinajstić information content (AvgIpc) is 2.49. The van der Waals surface area contributed by atoms with Crippen molar-refractivity contribution in [3.63, 3.8) is 0 Å². The molecule has 2 aromatic carbocycles. The van der Waals surface area contributed by atoms with Gasteiger partial charge in [0.05, 0.1) is 18.4 Å². The van der Waals surface area contributed by atoms with Crippen molar-refractivity contribution in [3.8, 4) is 0 Å². The van der Waals surface area contributed by atoms with E-state index >= 15 is 0 Å². The van der Waals surface area contributed by atoms with Gasteiger partial charge in [-0.2, -0.15) is 0 Å². The maximum atomic E-state index is 12.1. The molecule has 5 nitrogen and oxygen atoms in total. The third-order valence-corrected chi connectivity index (χ3v) is 4.36. The Morgan fingerprint density at radius 2 is 1.68 bits per heavy atom. The Bertz CT molecular complexity index is 755. The van der Waals surface area contributed by atoms with E-state index in [1.807, 2.05) is 0 Å². The highest BCUT2D eigenvalue weighted by atomic mass is 35.5. The number of nitrogens with one attached hydrogen (secondary N) is 1. The van der Waals surface area contributed by atoms with E-state index in [9.17, 15) is 13.2 Å². The smallest absolute Gasteiger partial charge is 0.337 e. The molecular formula is C15H14ClNO4S. The summed E-state index contributed by atoms with van der Waals surface area (Å²) in [6, 6.07) is 12.6. The molecule has 0 spiro atoms. The SMILES string of the molecule is COC(=O)c1ccc(CS(=O)(=O)Nc2ccc(Cl)cc2)cc1. The number of benzene rings is 2. The van der Waals surface area contributed by atoms with Gasteiger partial charge in [-0.3, -0.25) is 4.72 Å². The van der Waals surface area contributed by atoms with Crippen LogP contribution in [-0.2, 0) is 20.5 Å². The van der Waals surface area contributed by atoms with Crippen LogP contribution in [0.5, 0.6) is 0 Å². The van der Waals surface area contributed by atoms with Crippen LogP contribution in [0, 0.1) is 0 Å². The van der Waals surface area contributed by atoms with E-state index in [0.717, 1.165) is 0 Å². The first-order valence-corrected chi connectivity index (χ1v) is 8.36. The second kappa shape index (κ2) is 6.81. The zero-order valence-corrected chi connectivity index (χ0v) is 13.3. The monoisotopic (exact) mass is 339 g/mol. The Labute approximate surface area is 133 Å². The van der Waals surface area contributed by atoms with Crippen molar-refractivity contribution in [1.29, 1.82) is 0 Å². The van der Waals surface area contributed by atoms with E-state index < -0.39 is 16.0 Å². The summed E-state index contributed by atoms with van der Waals surface area (Å²) in [4.78, 5) is 11.3. The molecule has 0 fully saturated rings. The molecule has 22 heavy (non-hydrogen) atoms. The van der Waals surface area contributed by atoms with Crippen LogP contribution in [0.3, 0.4) is 0 Å². The number of rotatable bonds is 5. The quantitative estimate of drug-likeness (QED) is 0.850. The summed E-state index contributed by atoms with van der Waals surface area (Å²) in [7, 11) is -2.26. The van der Waals surface area contributed by atoms with Crippen LogP contribution in [-0.4, -0.2) is 21.5 Å². The molecule has 0 amide bonds. The average molecular weight is 340 g/mol. The molecule has 2 rings (SSSR count). The molecule has 116 valence electrons. The summed E-state index contributed by atoms with van der Waals surface area (Å²) in [5.41, 5.74) is 1.37. The lowest BCUT2D eigenvalue weighted by Gasteiger charge is -2.08. The van der Waals surface area contributed by atoms with Crippen molar-refractivity contribution >= 4 is 33.3 Å². The van der Waals surface area contributed by atoms with Gasteiger partial charge >= 0.3 is 5.97 Å². The van der Waals surface area contributed by atoms with Crippen LogP contribution in [0.4, 0.5) is 5.69 Å². The lowest BCUT2D eigenvalue weighted by molar-refractivity contribution is 0.0600. The molecule has 0 aliphatic heterocycles. The minimum absolute atomic E-state index is 0.197. The van der Waals surface area contributed by atoms with Crippen molar-refractivity contribution in [2.24, 2.45) is 0 Å². The molecule has 1 N–H and O–H groups in total. The lowest BCUT2D eigenvalue weighted by atomic mass is 10.1. The number of sulfonamides is 1. The molecule has 0 aliphatic rings. The summed E-state index contributed by atoms with van der Waals surface area (Å²) < 4.78 is 31.2. The van der Waals surface area contributed by atoms with E-state index in [4.69, 9.17) is 11.6 Å². The van der Waals surface area contributed by atoms with Gasteiger partial charge in [0.15, 0.2) is 0 Å². The van der Waals surface area contributed by atoms with Crippen LogP contribution in [0.2, 0.25) is 5.02 Å². The zero-order valence-electron chi connectivity index (χ0n) is 11.7. The third-order valence-electron chi connectivity index (χ3n) is 2.85. The fourth-order valence-electron chi connectivity index (χ4n) is 1.81. The minimum Gasteiger partial charge on any atom is -0.465 e. The van der Waals surface area contributed by atoms with Crippen LogP contribution in [0.1, 0.15) is 15.9 Å². The number of anilines is 1. The summed E-state index contributed by atoms with van der Waals surface area (Å²) in [6.07, 6.45) is 0. The number of methoxy groups -OCH3 is 1. The van der Waals surface area contributed by atoms with Gasteiger partial charge in [-0.1, -0.05) is 23.7 Å². The Morgan fingerprint density at radius 3 is 2.23 bits per heavy atom. The summed E-state index contributed by atoms with van der Waals surface area (Å²) in [5.74, 6) is -0.662. The summed E-state index contributed by atoms with van der Waals surface area (Å²) >= 11 is 5.75. The van der Waals surface area contributed by atoms with Crippen LogP contribution in [0.15, 0.2) is 48.5 Å². The molecule has 0 bridgehead atoms. The predicted octanol–water partition coefficient (Wildman–Crippen LogP) is 3.07. The topological polar surface area (TPSA) is 72.5 Å². The Kier molecular flexibility index (Phi) is 5.05. The van der Waals surface area contributed by atoms with Gasteiger partial charge in [0, 0.05) is 10.7 Å². The van der Waals surface area contributed by atoms with Gasteiger partial charge in [0.1, 0.15) is 0 Å². The third kappa shape index (κ3) is 4.47. The molecule has 0 atom stereocenters. The maximum Gasteiger partial charge on any atom is 0.337 e. The minimum atomic E-state index is -3.55. The number of carbonyl (C=O) groups excluding carboxylic acids is 1. The molecule has 2 aromatic rings. The molecule has 0 aromatic heterocycles. The standard InChI is InChI=1S/C15H14ClNO4S/c1-21-15(18)12-4-2-11(3-5-12)10-22(19,20)17-14-8-6-13(16)7-9-14/h2-9,17H,10H2,1H3. The predicted molar refractivity (Wildman–Crippen MR) is 85.5 cm³/mol. The van der Waals surface area contributed by atoms with Crippen molar-refractivity contribution in [2.75, 3.05) is 11.8 Å². The van der Waals surface area contributed by atoms with E-state index in [2.05, 4.69) is 9.46 Å². The highest BCUT2D eigenvalue weighted by Crippen LogP contribution is 2.16. The largest absolute Gasteiger partial charge is 0.465 e. The summed E-state index contributed by atoms with van der Waals surface area (Å²) in [5, 5.41) is 0.529. The Balaban J connectivity index is 2.08. The fourth-order valence-corrected chi connectivity index (χ4v) is 3.13. The van der Waals surface area contributed by atoms with Gasteiger partial charge in [0.2, 0.25) is 10.0 Å². The molecule has 0 saturated heterocycles. The number of halogens is 1. The maximum absolute atomic E-state index is 12.1. The van der Waals surface area contributed by atoms with Gasteiger partial charge in [0.25, 0.3) is 0 Å². The van der Waals surface area contributed by atoms with Gasteiger partial charge < -0.3 is 4.74 Å². The fraction of sp³-hybridized carbons (Fsp3) is 0.133. The summed E-state index contributed by atoms with van der Waals surface area (Å²) in [6.45, 7) is 0. The molecule has 0 heterocycles. The number of carbonyl (C=O) groups is 1. The first-order valence-electron chi connectivity index (χ1n) is 6.33. The van der Waals surface area contributed by atoms with Crippen molar-refractivity contribution in [3.05, 3.63) is 64.7 Å². The van der Waals surface area contributed by atoms with Crippen molar-refractivity contribution in [2.45, 2.75) is 5.75 Å². The highest BCUT2D eigenvalue weighted by Gasteiger charge is 2.13. The van der Waals surface area contributed by atoms with E-state index in [1.54, 1.807) is 36.4 Å². The first-order chi connectivity index (χ1) is 10.4. The lowest BCUT2D eigenvalue weighted by Crippen LogP contribution is -2.15. The Hall–Kier alpha value is -2.05. The van der Waals surface area contributed by atoms with Crippen LogP contribution < -0.4 is 4.72 Å². The highest BCUT2D eigenvalue weighted by molar-refractivity contribution is 7.91. The van der Waals surface area contributed by atoms with Crippen molar-refractivity contribution < 1.29 is 17.9 Å². The molecular weight excluding hydrogens is 326 g/mol. The molecule has 7 heteroatoms. The van der Waals surface area contributed by atoms with E-state index in [-0.39, 0.29) is 5.75 Å². The number of hydrogen-bond donors (Lipinski definition) is 1. The van der Waals surface area contributed by atoms with E-state index in [0.29, 0.717) is 21.8 Å².